The summed E-state index contributed by atoms with van der Waals surface area (Å²) in [5.41, 5.74) is 7.06. The Morgan fingerprint density at radius 2 is 1.90 bits per heavy atom. The largest absolute Gasteiger partial charge is 0.341 e. The number of nitrogens with two attached hydrogens (primary N) is 1. The lowest BCUT2D eigenvalue weighted by molar-refractivity contribution is -0.133. The number of carbonyl (C=O) groups excluding carboxylic acids is 1. The maximum Gasteiger partial charge on any atom is 0.239 e. The molecule has 2 rings (SSSR count). The van der Waals surface area contributed by atoms with Crippen LogP contribution in [0.15, 0.2) is 30.3 Å². The van der Waals surface area contributed by atoms with Crippen molar-refractivity contribution in [3.05, 3.63) is 35.9 Å². The van der Waals surface area contributed by atoms with Crippen LogP contribution in [0.3, 0.4) is 0 Å². The van der Waals surface area contributed by atoms with Gasteiger partial charge in [-0.05, 0) is 44.1 Å². The number of piperidine rings is 1. The number of benzene rings is 1. The van der Waals surface area contributed by atoms with E-state index < -0.39 is 0 Å². The SMILES string of the molecule is C[C@@H](N)C(=O)N1CCC(CCc2ccccc2)CC1.Cl. The molecule has 1 fully saturated rings. The number of nitrogens with zero attached hydrogens (tertiary/aromatic N) is 1. The number of halogens is 1. The van der Waals surface area contributed by atoms with Crippen molar-refractivity contribution in [1.29, 1.82) is 0 Å². The van der Waals surface area contributed by atoms with Crippen molar-refractivity contribution in [2.45, 2.75) is 38.6 Å². The minimum Gasteiger partial charge on any atom is -0.341 e. The molecule has 1 aromatic carbocycles. The van der Waals surface area contributed by atoms with Gasteiger partial charge in [0.1, 0.15) is 0 Å². The average Bonchev–Trinajstić information content (AvgIpc) is 2.46. The molecular formula is C16H25ClN2O. The first-order chi connectivity index (χ1) is 9.16. The summed E-state index contributed by atoms with van der Waals surface area (Å²) in [4.78, 5) is 13.7. The van der Waals surface area contributed by atoms with Crippen molar-refractivity contribution in [2.75, 3.05) is 13.1 Å². The molecule has 3 nitrogen and oxygen atoms in total. The summed E-state index contributed by atoms with van der Waals surface area (Å²) in [7, 11) is 0. The van der Waals surface area contributed by atoms with Crippen LogP contribution in [0.25, 0.3) is 0 Å². The Kier molecular flexibility index (Phi) is 7.03. The van der Waals surface area contributed by atoms with E-state index in [9.17, 15) is 4.79 Å². The van der Waals surface area contributed by atoms with Crippen molar-refractivity contribution >= 4 is 18.3 Å². The molecule has 1 aliphatic rings. The van der Waals surface area contributed by atoms with Crippen LogP contribution < -0.4 is 5.73 Å². The Morgan fingerprint density at radius 3 is 2.45 bits per heavy atom. The maximum absolute atomic E-state index is 11.8. The number of aryl methyl sites for hydroxylation is 1. The monoisotopic (exact) mass is 296 g/mol. The third-order valence-corrected chi connectivity index (χ3v) is 4.00. The lowest BCUT2D eigenvalue weighted by Gasteiger charge is -2.33. The van der Waals surface area contributed by atoms with Crippen molar-refractivity contribution in [3.63, 3.8) is 0 Å². The van der Waals surface area contributed by atoms with Gasteiger partial charge in [0, 0.05) is 13.1 Å². The summed E-state index contributed by atoms with van der Waals surface area (Å²) in [6.07, 6.45) is 4.60. The van der Waals surface area contributed by atoms with Gasteiger partial charge < -0.3 is 10.6 Å². The van der Waals surface area contributed by atoms with Gasteiger partial charge in [-0.1, -0.05) is 30.3 Å². The van der Waals surface area contributed by atoms with Crippen LogP contribution in [-0.4, -0.2) is 29.9 Å². The van der Waals surface area contributed by atoms with Crippen LogP contribution >= 0.6 is 12.4 Å². The third-order valence-electron chi connectivity index (χ3n) is 4.00. The molecule has 0 spiro atoms. The Bertz CT molecular complexity index is 400. The van der Waals surface area contributed by atoms with E-state index in [4.69, 9.17) is 5.73 Å². The fraction of sp³-hybridized carbons (Fsp3) is 0.562. The van der Waals surface area contributed by atoms with E-state index in [1.54, 1.807) is 6.92 Å². The van der Waals surface area contributed by atoms with Crippen LogP contribution in [0.4, 0.5) is 0 Å². The number of rotatable bonds is 4. The molecule has 1 heterocycles. The van der Waals surface area contributed by atoms with Crippen molar-refractivity contribution < 1.29 is 4.79 Å². The van der Waals surface area contributed by atoms with E-state index >= 15 is 0 Å². The van der Waals surface area contributed by atoms with Crippen molar-refractivity contribution in [3.8, 4) is 0 Å². The molecule has 0 saturated carbocycles. The topological polar surface area (TPSA) is 46.3 Å². The molecule has 1 atom stereocenters. The quantitative estimate of drug-likeness (QED) is 0.928. The first-order valence-electron chi connectivity index (χ1n) is 7.25. The molecule has 1 amide bonds. The Balaban J connectivity index is 0.00000200. The first kappa shape index (κ1) is 17.0. The van der Waals surface area contributed by atoms with Gasteiger partial charge in [-0.25, -0.2) is 0 Å². The zero-order chi connectivity index (χ0) is 13.7. The van der Waals surface area contributed by atoms with Gasteiger partial charge in [0.25, 0.3) is 0 Å². The molecule has 112 valence electrons. The van der Waals surface area contributed by atoms with E-state index in [2.05, 4.69) is 30.3 Å². The first-order valence-corrected chi connectivity index (χ1v) is 7.25. The van der Waals surface area contributed by atoms with Crippen LogP contribution in [0.1, 0.15) is 31.7 Å². The van der Waals surface area contributed by atoms with Gasteiger partial charge in [0.15, 0.2) is 0 Å². The standard InChI is InChI=1S/C16H24N2O.ClH/c1-13(17)16(19)18-11-9-15(10-12-18)8-7-14-5-3-2-4-6-14;/h2-6,13,15H,7-12,17H2,1H3;1H/t13-;/m1./s1. The summed E-state index contributed by atoms with van der Waals surface area (Å²) in [5, 5.41) is 0. The summed E-state index contributed by atoms with van der Waals surface area (Å²) in [6.45, 7) is 3.52. The van der Waals surface area contributed by atoms with E-state index in [0.717, 1.165) is 38.3 Å². The fourth-order valence-corrected chi connectivity index (χ4v) is 2.75. The molecule has 2 N–H and O–H groups in total. The summed E-state index contributed by atoms with van der Waals surface area (Å²) in [6, 6.07) is 10.3. The van der Waals surface area contributed by atoms with Gasteiger partial charge in [-0.15, -0.1) is 12.4 Å². The summed E-state index contributed by atoms with van der Waals surface area (Å²) < 4.78 is 0. The number of hydrogen-bond donors (Lipinski definition) is 1. The van der Waals surface area contributed by atoms with E-state index in [0.29, 0.717) is 0 Å². The van der Waals surface area contributed by atoms with Crippen LogP contribution in [-0.2, 0) is 11.2 Å². The predicted octanol–water partition coefficient (Wildman–Crippen LogP) is 2.63. The molecular weight excluding hydrogens is 272 g/mol. The second kappa shape index (κ2) is 8.28. The number of likely N-dealkylation sites (tertiary alicyclic amines) is 1. The molecule has 0 bridgehead atoms. The van der Waals surface area contributed by atoms with Crippen molar-refractivity contribution in [2.24, 2.45) is 11.7 Å². The normalized spacial score (nSPS) is 17.4. The second-order valence-electron chi connectivity index (χ2n) is 5.58. The van der Waals surface area contributed by atoms with Crippen LogP contribution in [0, 0.1) is 5.92 Å². The van der Waals surface area contributed by atoms with E-state index in [1.165, 1.54) is 12.0 Å². The summed E-state index contributed by atoms with van der Waals surface area (Å²) >= 11 is 0. The number of hydrogen-bond acceptors (Lipinski definition) is 2. The Morgan fingerprint density at radius 1 is 1.30 bits per heavy atom. The van der Waals surface area contributed by atoms with Gasteiger partial charge in [0.05, 0.1) is 6.04 Å². The fourth-order valence-electron chi connectivity index (χ4n) is 2.75. The number of carbonyl (C=O) groups is 1. The highest BCUT2D eigenvalue weighted by atomic mass is 35.5. The lowest BCUT2D eigenvalue weighted by atomic mass is 9.90. The predicted molar refractivity (Wildman–Crippen MR) is 85.0 cm³/mol. The smallest absolute Gasteiger partial charge is 0.239 e. The lowest BCUT2D eigenvalue weighted by Crippen LogP contribution is -2.45. The van der Waals surface area contributed by atoms with Gasteiger partial charge >= 0.3 is 0 Å². The van der Waals surface area contributed by atoms with E-state index in [1.807, 2.05) is 4.90 Å². The van der Waals surface area contributed by atoms with Gasteiger partial charge in [-0.2, -0.15) is 0 Å². The molecule has 4 heteroatoms. The average molecular weight is 297 g/mol. The highest BCUT2D eigenvalue weighted by Gasteiger charge is 2.24. The molecule has 0 radical (unpaired) electrons. The third kappa shape index (κ3) is 4.80. The van der Waals surface area contributed by atoms with Crippen molar-refractivity contribution in [1.82, 2.24) is 4.90 Å². The second-order valence-corrected chi connectivity index (χ2v) is 5.58. The molecule has 1 saturated heterocycles. The Hall–Kier alpha value is -1.06. The molecule has 0 aliphatic carbocycles. The molecule has 20 heavy (non-hydrogen) atoms. The van der Waals surface area contributed by atoms with Crippen LogP contribution in [0.2, 0.25) is 0 Å². The molecule has 0 aromatic heterocycles. The van der Waals surface area contributed by atoms with E-state index in [-0.39, 0.29) is 24.4 Å². The molecule has 1 aromatic rings. The van der Waals surface area contributed by atoms with Crippen LogP contribution in [0.5, 0.6) is 0 Å². The Labute approximate surface area is 127 Å². The summed E-state index contributed by atoms with van der Waals surface area (Å²) in [5.74, 6) is 0.846. The van der Waals surface area contributed by atoms with Gasteiger partial charge in [-0.3, -0.25) is 4.79 Å². The maximum atomic E-state index is 11.8. The zero-order valence-electron chi connectivity index (χ0n) is 12.1. The highest BCUT2D eigenvalue weighted by Crippen LogP contribution is 2.22. The highest BCUT2D eigenvalue weighted by molar-refractivity contribution is 5.85. The molecule has 0 unspecified atom stereocenters. The zero-order valence-corrected chi connectivity index (χ0v) is 12.9. The minimum absolute atomic E-state index is 0. The number of amides is 1. The van der Waals surface area contributed by atoms with Gasteiger partial charge in [0.2, 0.25) is 5.91 Å². The minimum atomic E-state index is -0.360. The molecule has 1 aliphatic heterocycles.